The van der Waals surface area contributed by atoms with Crippen molar-refractivity contribution in [3.63, 3.8) is 0 Å². The van der Waals surface area contributed by atoms with Crippen molar-refractivity contribution >= 4 is 11.9 Å². The number of nitrogens with zero attached hydrogens (tertiary/aromatic N) is 2. The fraction of sp³-hybridized carbons (Fsp3) is 0.846. The first-order valence-electron chi connectivity index (χ1n) is 6.88. The van der Waals surface area contributed by atoms with Gasteiger partial charge in [-0.1, -0.05) is 0 Å². The Balaban J connectivity index is 1.87. The minimum Gasteiger partial charge on any atom is -0.481 e. The van der Waals surface area contributed by atoms with Crippen LogP contribution in [0.25, 0.3) is 0 Å². The lowest BCUT2D eigenvalue weighted by molar-refractivity contribution is -0.144. The number of likely N-dealkylation sites (N-methyl/N-ethyl adjacent to an activating group) is 1. The number of piperidine rings is 1. The van der Waals surface area contributed by atoms with Crippen LogP contribution < -0.4 is 0 Å². The molecule has 19 heavy (non-hydrogen) atoms. The number of aliphatic carboxylic acids is 1. The molecule has 0 aromatic carbocycles. The van der Waals surface area contributed by atoms with E-state index in [0.29, 0.717) is 6.61 Å². The summed E-state index contributed by atoms with van der Waals surface area (Å²) < 4.78 is 5.23. The van der Waals surface area contributed by atoms with Gasteiger partial charge in [-0.3, -0.25) is 14.5 Å². The molecule has 2 rings (SSSR count). The first-order chi connectivity index (χ1) is 9.09. The lowest BCUT2D eigenvalue weighted by Crippen LogP contribution is -2.47. The summed E-state index contributed by atoms with van der Waals surface area (Å²) in [6, 6.07) is -0.203. The van der Waals surface area contributed by atoms with Crippen molar-refractivity contribution in [3.8, 4) is 0 Å². The third kappa shape index (κ3) is 3.45. The van der Waals surface area contributed by atoms with Crippen molar-refractivity contribution in [2.45, 2.75) is 25.3 Å². The molecule has 2 heterocycles. The van der Waals surface area contributed by atoms with Gasteiger partial charge < -0.3 is 14.7 Å². The molecule has 2 unspecified atom stereocenters. The van der Waals surface area contributed by atoms with E-state index in [9.17, 15) is 9.59 Å². The number of carbonyl (C=O) groups excluding carboxylic acids is 1. The molecule has 1 amide bonds. The number of carbonyl (C=O) groups is 2. The summed E-state index contributed by atoms with van der Waals surface area (Å²) in [4.78, 5) is 26.9. The van der Waals surface area contributed by atoms with Gasteiger partial charge >= 0.3 is 5.97 Å². The zero-order valence-electron chi connectivity index (χ0n) is 11.4. The predicted octanol–water partition coefficient (Wildman–Crippen LogP) is 0.0303. The van der Waals surface area contributed by atoms with Gasteiger partial charge in [0.15, 0.2) is 0 Å². The normalized spacial score (nSPS) is 27.8. The second kappa shape index (κ2) is 6.34. The second-order valence-corrected chi connectivity index (χ2v) is 5.41. The maximum Gasteiger partial charge on any atom is 0.310 e. The highest BCUT2D eigenvalue weighted by molar-refractivity contribution is 5.78. The van der Waals surface area contributed by atoms with Gasteiger partial charge in [-0.2, -0.15) is 0 Å². The van der Waals surface area contributed by atoms with Gasteiger partial charge in [0.05, 0.1) is 25.7 Å². The van der Waals surface area contributed by atoms with Gasteiger partial charge in [-0.25, -0.2) is 0 Å². The number of ether oxygens (including phenoxy) is 1. The SMILES string of the molecule is CN(CC(=O)N1CCCCC1)C1COCC1C(=O)O. The smallest absolute Gasteiger partial charge is 0.310 e. The molecule has 2 aliphatic rings. The van der Waals surface area contributed by atoms with E-state index in [4.69, 9.17) is 9.84 Å². The molecule has 2 fully saturated rings. The van der Waals surface area contributed by atoms with Crippen LogP contribution in [0.1, 0.15) is 19.3 Å². The molecule has 0 aromatic rings. The van der Waals surface area contributed by atoms with Crippen molar-refractivity contribution in [2.24, 2.45) is 5.92 Å². The first-order valence-corrected chi connectivity index (χ1v) is 6.88. The van der Waals surface area contributed by atoms with Crippen LogP contribution in [0.15, 0.2) is 0 Å². The Morgan fingerprint density at radius 3 is 2.58 bits per heavy atom. The number of likely N-dealkylation sites (tertiary alicyclic amines) is 1. The van der Waals surface area contributed by atoms with E-state index >= 15 is 0 Å². The van der Waals surface area contributed by atoms with E-state index in [1.165, 1.54) is 6.42 Å². The van der Waals surface area contributed by atoms with E-state index < -0.39 is 11.9 Å². The first kappa shape index (κ1) is 14.3. The van der Waals surface area contributed by atoms with Gasteiger partial charge in [0, 0.05) is 19.1 Å². The molecule has 0 aromatic heterocycles. The topological polar surface area (TPSA) is 70.1 Å². The number of hydrogen-bond donors (Lipinski definition) is 1. The molecule has 108 valence electrons. The molecule has 0 bridgehead atoms. The Morgan fingerprint density at radius 2 is 1.95 bits per heavy atom. The molecular formula is C13H22N2O4. The van der Waals surface area contributed by atoms with Crippen molar-refractivity contribution in [2.75, 3.05) is 39.9 Å². The van der Waals surface area contributed by atoms with Gasteiger partial charge in [0.1, 0.15) is 0 Å². The van der Waals surface area contributed by atoms with Crippen LogP contribution in [-0.4, -0.2) is 72.7 Å². The summed E-state index contributed by atoms with van der Waals surface area (Å²) in [6.45, 7) is 2.56. The maximum absolute atomic E-state index is 12.1. The fourth-order valence-corrected chi connectivity index (χ4v) is 2.79. The molecule has 0 aliphatic carbocycles. The molecule has 6 nitrogen and oxygen atoms in total. The van der Waals surface area contributed by atoms with Crippen LogP contribution >= 0.6 is 0 Å². The van der Waals surface area contributed by atoms with E-state index in [1.807, 2.05) is 9.80 Å². The summed E-state index contributed by atoms with van der Waals surface area (Å²) in [7, 11) is 1.80. The van der Waals surface area contributed by atoms with Crippen LogP contribution in [0, 0.1) is 5.92 Å². The average Bonchev–Trinajstić information content (AvgIpc) is 2.89. The minimum atomic E-state index is -0.847. The molecule has 2 saturated heterocycles. The second-order valence-electron chi connectivity index (χ2n) is 5.41. The van der Waals surface area contributed by atoms with Gasteiger partial charge in [0.25, 0.3) is 0 Å². The highest BCUT2D eigenvalue weighted by atomic mass is 16.5. The Kier molecular flexibility index (Phi) is 4.76. The fourth-order valence-electron chi connectivity index (χ4n) is 2.79. The van der Waals surface area contributed by atoms with E-state index in [2.05, 4.69) is 0 Å². The van der Waals surface area contributed by atoms with Crippen LogP contribution in [0.5, 0.6) is 0 Å². The summed E-state index contributed by atoms with van der Waals surface area (Å²) in [5, 5.41) is 9.11. The summed E-state index contributed by atoms with van der Waals surface area (Å²) in [5.74, 6) is -1.28. The predicted molar refractivity (Wildman–Crippen MR) is 68.8 cm³/mol. The number of amides is 1. The van der Waals surface area contributed by atoms with Crippen molar-refractivity contribution < 1.29 is 19.4 Å². The Hall–Kier alpha value is -1.14. The van der Waals surface area contributed by atoms with Crippen LogP contribution in [0.2, 0.25) is 0 Å². The van der Waals surface area contributed by atoms with Crippen LogP contribution in [0.3, 0.4) is 0 Å². The zero-order valence-corrected chi connectivity index (χ0v) is 11.4. The zero-order chi connectivity index (χ0) is 13.8. The highest BCUT2D eigenvalue weighted by Crippen LogP contribution is 2.19. The molecule has 2 aliphatic heterocycles. The van der Waals surface area contributed by atoms with Gasteiger partial charge in [-0.05, 0) is 26.3 Å². The van der Waals surface area contributed by atoms with Crippen LogP contribution in [0.4, 0.5) is 0 Å². The van der Waals surface area contributed by atoms with E-state index in [-0.39, 0.29) is 25.1 Å². The molecule has 0 saturated carbocycles. The Bertz CT molecular complexity index is 342. The van der Waals surface area contributed by atoms with Crippen molar-refractivity contribution in [3.05, 3.63) is 0 Å². The number of carboxylic acids is 1. The van der Waals surface area contributed by atoms with Gasteiger partial charge in [0.2, 0.25) is 5.91 Å². The summed E-state index contributed by atoms with van der Waals surface area (Å²) in [6.07, 6.45) is 3.33. The van der Waals surface area contributed by atoms with E-state index in [0.717, 1.165) is 25.9 Å². The van der Waals surface area contributed by atoms with Crippen LogP contribution in [-0.2, 0) is 14.3 Å². The van der Waals surface area contributed by atoms with Crippen molar-refractivity contribution in [1.82, 2.24) is 9.80 Å². The lowest BCUT2D eigenvalue weighted by atomic mass is 10.0. The lowest BCUT2D eigenvalue weighted by Gasteiger charge is -2.31. The largest absolute Gasteiger partial charge is 0.481 e. The quantitative estimate of drug-likeness (QED) is 0.780. The number of rotatable bonds is 4. The molecule has 0 radical (unpaired) electrons. The summed E-state index contributed by atoms with van der Waals surface area (Å²) >= 11 is 0. The molecular weight excluding hydrogens is 248 g/mol. The molecule has 2 atom stereocenters. The Morgan fingerprint density at radius 1 is 1.26 bits per heavy atom. The third-order valence-electron chi connectivity index (χ3n) is 4.03. The number of carboxylic acid groups (broad SMARTS) is 1. The maximum atomic E-state index is 12.1. The molecule has 0 spiro atoms. The standard InChI is InChI=1S/C13H22N2O4/c1-14(11-9-19-8-10(11)13(17)18)7-12(16)15-5-3-2-4-6-15/h10-11H,2-9H2,1H3,(H,17,18). The highest BCUT2D eigenvalue weighted by Gasteiger charge is 2.37. The monoisotopic (exact) mass is 270 g/mol. The Labute approximate surface area is 113 Å². The molecule has 1 N–H and O–H groups in total. The molecule has 6 heteroatoms. The minimum absolute atomic E-state index is 0.0956. The third-order valence-corrected chi connectivity index (χ3v) is 4.03. The van der Waals surface area contributed by atoms with E-state index in [1.54, 1.807) is 7.05 Å². The number of hydrogen-bond acceptors (Lipinski definition) is 4. The average molecular weight is 270 g/mol. The summed E-state index contributed by atoms with van der Waals surface area (Å²) in [5.41, 5.74) is 0. The van der Waals surface area contributed by atoms with Gasteiger partial charge in [-0.15, -0.1) is 0 Å². The van der Waals surface area contributed by atoms with Crippen molar-refractivity contribution in [1.29, 1.82) is 0 Å².